The number of hydrogen-bond acceptors (Lipinski definition) is 3. The Balaban J connectivity index is 1.62. The second-order valence-corrected chi connectivity index (χ2v) is 6.47. The van der Waals surface area contributed by atoms with E-state index in [1.54, 1.807) is 0 Å². The molecular weight excluding hydrogens is 236 g/mol. The molecule has 3 rings (SSSR count). The molecule has 2 unspecified atom stereocenters. The predicted molar refractivity (Wildman–Crippen MR) is 78.2 cm³/mol. The molecule has 3 nitrogen and oxygen atoms in total. The fourth-order valence-electron chi connectivity index (χ4n) is 3.99. The summed E-state index contributed by atoms with van der Waals surface area (Å²) in [6.45, 7) is 14.7. The van der Waals surface area contributed by atoms with Crippen molar-refractivity contribution in [3.05, 3.63) is 24.8 Å². The van der Waals surface area contributed by atoms with E-state index in [4.69, 9.17) is 4.74 Å². The standard InChI is InChI=1S/C16H26N2O/c1-3-13(2)14-10-19-9-4-15(14)18-11-16(12-18)5-7-17-8-6-16/h3,14-15,17H,1-2,4-12H2. The molecule has 19 heavy (non-hydrogen) atoms. The molecule has 0 radical (unpaired) electrons. The van der Waals surface area contributed by atoms with Gasteiger partial charge in [-0.25, -0.2) is 0 Å². The van der Waals surface area contributed by atoms with Crippen LogP contribution in [0, 0.1) is 11.3 Å². The number of nitrogens with zero attached hydrogens (tertiary/aromatic N) is 1. The minimum absolute atomic E-state index is 0.449. The number of piperidine rings is 1. The van der Waals surface area contributed by atoms with E-state index in [0.29, 0.717) is 17.4 Å². The van der Waals surface area contributed by atoms with E-state index in [2.05, 4.69) is 23.4 Å². The van der Waals surface area contributed by atoms with Crippen molar-refractivity contribution in [1.29, 1.82) is 0 Å². The molecule has 3 saturated heterocycles. The molecule has 3 heteroatoms. The molecule has 1 spiro atoms. The Morgan fingerprint density at radius 3 is 2.74 bits per heavy atom. The molecule has 0 amide bonds. The van der Waals surface area contributed by atoms with Crippen LogP contribution < -0.4 is 5.32 Å². The molecule has 3 aliphatic rings. The minimum Gasteiger partial charge on any atom is -0.381 e. The van der Waals surface area contributed by atoms with Gasteiger partial charge in [0.25, 0.3) is 0 Å². The number of ether oxygens (including phenoxy) is 1. The highest BCUT2D eigenvalue weighted by Gasteiger charge is 2.47. The maximum atomic E-state index is 5.65. The topological polar surface area (TPSA) is 24.5 Å². The first kappa shape index (κ1) is 13.3. The summed E-state index contributed by atoms with van der Waals surface area (Å²) in [7, 11) is 0. The molecule has 3 fully saturated rings. The van der Waals surface area contributed by atoms with Gasteiger partial charge in [-0.1, -0.05) is 19.2 Å². The Morgan fingerprint density at radius 2 is 2.05 bits per heavy atom. The van der Waals surface area contributed by atoms with Gasteiger partial charge in [-0.05, 0) is 43.3 Å². The zero-order valence-corrected chi connectivity index (χ0v) is 11.9. The first-order valence-electron chi connectivity index (χ1n) is 7.58. The molecule has 0 aliphatic carbocycles. The van der Waals surface area contributed by atoms with E-state index in [1.165, 1.54) is 39.0 Å². The van der Waals surface area contributed by atoms with Crippen molar-refractivity contribution >= 4 is 0 Å². The molecule has 3 aliphatic heterocycles. The van der Waals surface area contributed by atoms with Crippen LogP contribution in [0.1, 0.15) is 19.3 Å². The lowest BCUT2D eigenvalue weighted by Crippen LogP contribution is -2.64. The Bertz CT molecular complexity index is 352. The van der Waals surface area contributed by atoms with E-state index in [-0.39, 0.29) is 0 Å². The van der Waals surface area contributed by atoms with Gasteiger partial charge in [-0.3, -0.25) is 4.90 Å². The maximum absolute atomic E-state index is 5.65. The Hall–Kier alpha value is -0.640. The lowest BCUT2D eigenvalue weighted by atomic mass is 9.70. The summed E-state index contributed by atoms with van der Waals surface area (Å²) in [6, 6.07) is 0.625. The van der Waals surface area contributed by atoms with Gasteiger partial charge in [0, 0.05) is 31.7 Å². The van der Waals surface area contributed by atoms with Crippen LogP contribution >= 0.6 is 0 Å². The van der Waals surface area contributed by atoms with E-state index in [0.717, 1.165) is 25.2 Å². The fourth-order valence-corrected chi connectivity index (χ4v) is 3.99. The summed E-state index contributed by atoms with van der Waals surface area (Å²) in [5.41, 5.74) is 1.76. The maximum Gasteiger partial charge on any atom is 0.0549 e. The Morgan fingerprint density at radius 1 is 1.32 bits per heavy atom. The van der Waals surface area contributed by atoms with Gasteiger partial charge in [-0.2, -0.15) is 0 Å². The fraction of sp³-hybridized carbons (Fsp3) is 0.750. The van der Waals surface area contributed by atoms with Gasteiger partial charge in [0.05, 0.1) is 6.61 Å². The molecule has 3 heterocycles. The molecule has 0 bridgehead atoms. The summed E-state index contributed by atoms with van der Waals surface area (Å²) in [5, 5.41) is 3.47. The van der Waals surface area contributed by atoms with Crippen molar-refractivity contribution in [3.63, 3.8) is 0 Å². The Kier molecular flexibility index (Phi) is 3.79. The second-order valence-electron chi connectivity index (χ2n) is 6.47. The van der Waals surface area contributed by atoms with Crippen molar-refractivity contribution in [1.82, 2.24) is 10.2 Å². The SMILES string of the molecule is C=CC(=C)C1COCCC1N1CC2(CCNCC2)C1. The average Bonchev–Trinajstić information content (AvgIpc) is 2.45. The van der Waals surface area contributed by atoms with Gasteiger partial charge in [0.2, 0.25) is 0 Å². The highest BCUT2D eigenvalue weighted by Crippen LogP contribution is 2.42. The van der Waals surface area contributed by atoms with Crippen molar-refractivity contribution in [2.24, 2.45) is 11.3 Å². The quantitative estimate of drug-likeness (QED) is 0.785. The van der Waals surface area contributed by atoms with Crippen LogP contribution in [0.15, 0.2) is 24.8 Å². The van der Waals surface area contributed by atoms with E-state index in [1.807, 2.05) is 6.08 Å². The van der Waals surface area contributed by atoms with Gasteiger partial charge in [-0.15, -0.1) is 0 Å². The summed E-state index contributed by atoms with van der Waals surface area (Å²) >= 11 is 0. The number of nitrogens with one attached hydrogen (secondary N) is 1. The summed E-state index contributed by atoms with van der Waals surface area (Å²) < 4.78 is 5.65. The minimum atomic E-state index is 0.449. The molecule has 0 aromatic carbocycles. The van der Waals surface area contributed by atoms with Crippen LogP contribution in [0.2, 0.25) is 0 Å². The third kappa shape index (κ3) is 2.51. The first-order chi connectivity index (χ1) is 9.24. The van der Waals surface area contributed by atoms with Gasteiger partial charge < -0.3 is 10.1 Å². The summed E-state index contributed by atoms with van der Waals surface area (Å²) in [5.74, 6) is 0.449. The van der Waals surface area contributed by atoms with Crippen LogP contribution in [-0.2, 0) is 4.74 Å². The van der Waals surface area contributed by atoms with Crippen LogP contribution in [0.5, 0.6) is 0 Å². The predicted octanol–water partition coefficient (Wildman–Crippen LogP) is 1.82. The second kappa shape index (κ2) is 5.39. The van der Waals surface area contributed by atoms with Crippen LogP contribution in [0.4, 0.5) is 0 Å². The smallest absolute Gasteiger partial charge is 0.0549 e. The van der Waals surface area contributed by atoms with Gasteiger partial charge in [0.15, 0.2) is 0 Å². The van der Waals surface area contributed by atoms with Gasteiger partial charge >= 0.3 is 0 Å². The van der Waals surface area contributed by atoms with Crippen molar-refractivity contribution in [3.8, 4) is 0 Å². The third-order valence-corrected chi connectivity index (χ3v) is 5.27. The average molecular weight is 262 g/mol. The van der Waals surface area contributed by atoms with Crippen molar-refractivity contribution < 1.29 is 4.74 Å². The first-order valence-corrected chi connectivity index (χ1v) is 7.58. The zero-order valence-electron chi connectivity index (χ0n) is 11.9. The van der Waals surface area contributed by atoms with E-state index in [9.17, 15) is 0 Å². The van der Waals surface area contributed by atoms with Crippen LogP contribution in [-0.4, -0.2) is 50.3 Å². The number of rotatable bonds is 3. The van der Waals surface area contributed by atoms with E-state index < -0.39 is 0 Å². The highest BCUT2D eigenvalue weighted by molar-refractivity contribution is 5.19. The molecule has 0 aromatic heterocycles. The lowest BCUT2D eigenvalue weighted by molar-refractivity contribution is -0.0931. The molecule has 1 N–H and O–H groups in total. The molecule has 0 saturated carbocycles. The zero-order chi connectivity index (χ0) is 13.3. The van der Waals surface area contributed by atoms with Crippen molar-refractivity contribution in [2.45, 2.75) is 25.3 Å². The summed E-state index contributed by atoms with van der Waals surface area (Å²) in [4.78, 5) is 2.67. The number of hydrogen-bond donors (Lipinski definition) is 1. The van der Waals surface area contributed by atoms with E-state index >= 15 is 0 Å². The lowest BCUT2D eigenvalue weighted by Gasteiger charge is -2.57. The molecule has 2 atom stereocenters. The van der Waals surface area contributed by atoms with Crippen LogP contribution in [0.25, 0.3) is 0 Å². The highest BCUT2D eigenvalue weighted by atomic mass is 16.5. The number of allylic oxidation sites excluding steroid dienone is 1. The summed E-state index contributed by atoms with van der Waals surface area (Å²) in [6.07, 6.45) is 5.75. The Labute approximate surface area is 116 Å². The monoisotopic (exact) mass is 262 g/mol. The largest absolute Gasteiger partial charge is 0.381 e. The molecule has 106 valence electrons. The molecular formula is C16H26N2O. The van der Waals surface area contributed by atoms with Crippen molar-refractivity contribution in [2.75, 3.05) is 39.4 Å². The number of likely N-dealkylation sites (tertiary alicyclic amines) is 1. The van der Waals surface area contributed by atoms with Crippen LogP contribution in [0.3, 0.4) is 0 Å². The van der Waals surface area contributed by atoms with Gasteiger partial charge in [0.1, 0.15) is 0 Å². The molecule has 0 aromatic rings. The normalized spacial score (nSPS) is 34.7. The third-order valence-electron chi connectivity index (χ3n) is 5.27.